The Morgan fingerprint density at radius 1 is 1.13 bits per heavy atom. The normalized spacial score (nSPS) is 18.6. The number of piperidine rings is 1. The molecule has 1 aliphatic carbocycles. The monoisotopic (exact) mass is 316 g/mol. The molecule has 1 saturated heterocycles. The van der Waals surface area contributed by atoms with E-state index in [0.717, 1.165) is 37.0 Å². The van der Waals surface area contributed by atoms with Gasteiger partial charge in [0.05, 0.1) is 7.11 Å². The summed E-state index contributed by atoms with van der Waals surface area (Å²) < 4.78 is 5.30. The van der Waals surface area contributed by atoms with E-state index < -0.39 is 0 Å². The number of methoxy groups -OCH3 is 1. The molecule has 5 nitrogen and oxygen atoms in total. The molecule has 1 aromatic carbocycles. The van der Waals surface area contributed by atoms with Gasteiger partial charge in [-0.3, -0.25) is 9.59 Å². The van der Waals surface area contributed by atoms with Gasteiger partial charge in [0, 0.05) is 37.0 Å². The highest BCUT2D eigenvalue weighted by Crippen LogP contribution is 2.32. The SMILES string of the molecule is COc1ccccc1CNC(=O)C1CCN(C(=O)C2CC2)CC1. The molecule has 0 bridgehead atoms. The van der Waals surface area contributed by atoms with Crippen LogP contribution in [0.2, 0.25) is 0 Å². The Balaban J connectivity index is 1.47. The number of carbonyl (C=O) groups excluding carboxylic acids is 2. The number of carbonyl (C=O) groups is 2. The van der Waals surface area contributed by atoms with Crippen LogP contribution >= 0.6 is 0 Å². The molecule has 2 aliphatic rings. The van der Waals surface area contributed by atoms with Gasteiger partial charge in [0.25, 0.3) is 0 Å². The second kappa shape index (κ2) is 7.02. The van der Waals surface area contributed by atoms with Gasteiger partial charge in [-0.2, -0.15) is 0 Å². The summed E-state index contributed by atoms with van der Waals surface area (Å²) in [6.45, 7) is 1.90. The highest BCUT2D eigenvalue weighted by atomic mass is 16.5. The molecule has 1 N–H and O–H groups in total. The summed E-state index contributed by atoms with van der Waals surface area (Å²) in [5, 5.41) is 3.00. The van der Waals surface area contributed by atoms with Crippen LogP contribution in [0, 0.1) is 11.8 Å². The summed E-state index contributed by atoms with van der Waals surface area (Å²) in [5.74, 6) is 1.43. The highest BCUT2D eigenvalue weighted by Gasteiger charge is 2.35. The third-order valence-electron chi connectivity index (χ3n) is 4.75. The summed E-state index contributed by atoms with van der Waals surface area (Å²) in [4.78, 5) is 26.3. The number of hydrogen-bond donors (Lipinski definition) is 1. The van der Waals surface area contributed by atoms with Gasteiger partial charge in [0.1, 0.15) is 5.75 Å². The zero-order chi connectivity index (χ0) is 16.2. The molecular formula is C18H24N2O3. The van der Waals surface area contributed by atoms with Crippen molar-refractivity contribution in [1.82, 2.24) is 10.2 Å². The van der Waals surface area contributed by atoms with Crippen molar-refractivity contribution in [1.29, 1.82) is 0 Å². The Morgan fingerprint density at radius 2 is 1.83 bits per heavy atom. The van der Waals surface area contributed by atoms with E-state index in [-0.39, 0.29) is 23.7 Å². The van der Waals surface area contributed by atoms with Crippen molar-refractivity contribution in [2.75, 3.05) is 20.2 Å². The van der Waals surface area contributed by atoms with E-state index >= 15 is 0 Å². The minimum absolute atomic E-state index is 0.00737. The zero-order valence-corrected chi connectivity index (χ0v) is 13.6. The van der Waals surface area contributed by atoms with E-state index in [0.29, 0.717) is 19.6 Å². The van der Waals surface area contributed by atoms with Gasteiger partial charge < -0.3 is 15.0 Å². The zero-order valence-electron chi connectivity index (χ0n) is 13.6. The third kappa shape index (κ3) is 3.84. The van der Waals surface area contributed by atoms with Crippen LogP contribution in [0.4, 0.5) is 0 Å². The Labute approximate surface area is 137 Å². The Hall–Kier alpha value is -2.04. The van der Waals surface area contributed by atoms with E-state index in [2.05, 4.69) is 5.32 Å². The van der Waals surface area contributed by atoms with Crippen molar-refractivity contribution in [3.63, 3.8) is 0 Å². The molecule has 1 aliphatic heterocycles. The first kappa shape index (κ1) is 15.8. The fraction of sp³-hybridized carbons (Fsp3) is 0.556. The van der Waals surface area contributed by atoms with Crippen molar-refractivity contribution in [2.45, 2.75) is 32.2 Å². The number of benzene rings is 1. The maximum absolute atomic E-state index is 12.3. The van der Waals surface area contributed by atoms with E-state index in [4.69, 9.17) is 4.74 Å². The van der Waals surface area contributed by atoms with Crippen LogP contribution in [0.5, 0.6) is 5.75 Å². The molecule has 2 amide bonds. The quantitative estimate of drug-likeness (QED) is 0.903. The minimum Gasteiger partial charge on any atom is -0.496 e. The fourth-order valence-electron chi connectivity index (χ4n) is 3.13. The lowest BCUT2D eigenvalue weighted by molar-refractivity contribution is -0.136. The summed E-state index contributed by atoms with van der Waals surface area (Å²) in [7, 11) is 1.63. The van der Waals surface area contributed by atoms with Gasteiger partial charge in [-0.05, 0) is 31.7 Å². The molecule has 0 aromatic heterocycles. The lowest BCUT2D eigenvalue weighted by Crippen LogP contribution is -2.43. The number of nitrogens with zero attached hydrogens (tertiary/aromatic N) is 1. The molecule has 3 rings (SSSR count). The van der Waals surface area contributed by atoms with E-state index in [9.17, 15) is 9.59 Å². The number of nitrogens with one attached hydrogen (secondary N) is 1. The lowest BCUT2D eigenvalue weighted by Gasteiger charge is -2.31. The van der Waals surface area contributed by atoms with Crippen LogP contribution in [-0.2, 0) is 16.1 Å². The molecule has 0 spiro atoms. The van der Waals surface area contributed by atoms with Crippen molar-refractivity contribution >= 4 is 11.8 Å². The minimum atomic E-state index is 0.00737. The molecular weight excluding hydrogens is 292 g/mol. The molecule has 1 saturated carbocycles. The van der Waals surface area contributed by atoms with Gasteiger partial charge in [-0.15, -0.1) is 0 Å². The van der Waals surface area contributed by atoms with Crippen molar-refractivity contribution in [3.05, 3.63) is 29.8 Å². The predicted molar refractivity (Wildman–Crippen MR) is 86.9 cm³/mol. The van der Waals surface area contributed by atoms with E-state index in [1.807, 2.05) is 29.2 Å². The lowest BCUT2D eigenvalue weighted by atomic mass is 9.95. The number of rotatable bonds is 5. The number of para-hydroxylation sites is 1. The summed E-state index contributed by atoms with van der Waals surface area (Å²) >= 11 is 0. The molecule has 2 fully saturated rings. The first-order chi connectivity index (χ1) is 11.2. The number of amides is 2. The summed E-state index contributed by atoms with van der Waals surface area (Å²) in [5.41, 5.74) is 0.977. The maximum Gasteiger partial charge on any atom is 0.225 e. The average molecular weight is 316 g/mol. The Kier molecular flexibility index (Phi) is 4.84. The molecule has 124 valence electrons. The summed E-state index contributed by atoms with van der Waals surface area (Å²) in [6, 6.07) is 7.70. The van der Waals surface area contributed by atoms with Crippen LogP contribution in [0.15, 0.2) is 24.3 Å². The molecule has 0 atom stereocenters. The molecule has 23 heavy (non-hydrogen) atoms. The predicted octanol–water partition coefficient (Wildman–Crippen LogP) is 1.96. The Morgan fingerprint density at radius 3 is 2.48 bits per heavy atom. The first-order valence-electron chi connectivity index (χ1n) is 8.37. The highest BCUT2D eigenvalue weighted by molar-refractivity contribution is 5.82. The van der Waals surface area contributed by atoms with Gasteiger partial charge in [-0.25, -0.2) is 0 Å². The van der Waals surface area contributed by atoms with Gasteiger partial charge in [0.15, 0.2) is 0 Å². The van der Waals surface area contributed by atoms with Gasteiger partial charge in [0.2, 0.25) is 11.8 Å². The second-order valence-corrected chi connectivity index (χ2v) is 6.40. The average Bonchev–Trinajstić information content (AvgIpc) is 3.44. The largest absolute Gasteiger partial charge is 0.496 e. The number of likely N-dealkylation sites (tertiary alicyclic amines) is 1. The van der Waals surface area contributed by atoms with Gasteiger partial charge >= 0.3 is 0 Å². The first-order valence-corrected chi connectivity index (χ1v) is 8.37. The van der Waals surface area contributed by atoms with Crippen LogP contribution in [0.3, 0.4) is 0 Å². The molecule has 0 unspecified atom stereocenters. The van der Waals surface area contributed by atoms with Crippen molar-refractivity contribution in [3.8, 4) is 5.75 Å². The molecule has 5 heteroatoms. The van der Waals surface area contributed by atoms with Gasteiger partial charge in [-0.1, -0.05) is 18.2 Å². The summed E-state index contributed by atoms with van der Waals surface area (Å²) in [6.07, 6.45) is 3.60. The van der Waals surface area contributed by atoms with Crippen LogP contribution < -0.4 is 10.1 Å². The van der Waals surface area contributed by atoms with Crippen molar-refractivity contribution in [2.24, 2.45) is 11.8 Å². The topological polar surface area (TPSA) is 58.6 Å². The standard InChI is InChI=1S/C18H24N2O3/c1-23-16-5-3-2-4-15(16)12-19-17(21)13-8-10-20(11-9-13)18(22)14-6-7-14/h2-5,13-14H,6-12H2,1H3,(H,19,21). The number of ether oxygens (including phenoxy) is 1. The molecule has 0 radical (unpaired) electrons. The molecule has 1 aromatic rings. The molecule has 1 heterocycles. The Bertz CT molecular complexity index is 575. The van der Waals surface area contributed by atoms with E-state index in [1.54, 1.807) is 7.11 Å². The van der Waals surface area contributed by atoms with E-state index in [1.165, 1.54) is 0 Å². The smallest absolute Gasteiger partial charge is 0.225 e. The van der Waals surface area contributed by atoms with Crippen LogP contribution in [-0.4, -0.2) is 36.9 Å². The van der Waals surface area contributed by atoms with Crippen LogP contribution in [0.25, 0.3) is 0 Å². The van der Waals surface area contributed by atoms with Crippen LogP contribution in [0.1, 0.15) is 31.2 Å². The third-order valence-corrected chi connectivity index (χ3v) is 4.75. The maximum atomic E-state index is 12.3. The second-order valence-electron chi connectivity index (χ2n) is 6.40. The fourth-order valence-corrected chi connectivity index (χ4v) is 3.13. The number of hydrogen-bond acceptors (Lipinski definition) is 3. The van der Waals surface area contributed by atoms with Crippen molar-refractivity contribution < 1.29 is 14.3 Å².